The minimum absolute atomic E-state index is 0.0274. The van der Waals surface area contributed by atoms with Crippen LogP contribution in [-0.4, -0.2) is 43.5 Å². The molecule has 1 heterocycles. The van der Waals surface area contributed by atoms with E-state index in [4.69, 9.17) is 5.26 Å². The molecule has 1 unspecified atom stereocenters. The average Bonchev–Trinajstić information content (AvgIpc) is 2.88. The van der Waals surface area contributed by atoms with Gasteiger partial charge in [0.25, 0.3) is 5.91 Å². The van der Waals surface area contributed by atoms with Crippen LogP contribution < -0.4 is 10.2 Å². The predicted molar refractivity (Wildman–Crippen MR) is 128 cm³/mol. The summed E-state index contributed by atoms with van der Waals surface area (Å²) in [6, 6.07) is 29.6. The van der Waals surface area contributed by atoms with Crippen molar-refractivity contribution in [3.63, 3.8) is 0 Å². The molecule has 1 aliphatic rings. The maximum absolute atomic E-state index is 12.8. The Balaban J connectivity index is 1.34. The van der Waals surface area contributed by atoms with Crippen LogP contribution in [-0.2, 0) is 0 Å². The fraction of sp³-hybridized carbons (Fsp3) is 0.259. The first kappa shape index (κ1) is 21.6. The number of hydrogen-bond acceptors (Lipinski definition) is 4. The van der Waals surface area contributed by atoms with Gasteiger partial charge in [0.15, 0.2) is 0 Å². The van der Waals surface area contributed by atoms with Gasteiger partial charge in [-0.1, -0.05) is 48.5 Å². The van der Waals surface area contributed by atoms with E-state index in [9.17, 15) is 4.79 Å². The van der Waals surface area contributed by atoms with Crippen LogP contribution in [0.15, 0.2) is 84.9 Å². The highest BCUT2D eigenvalue weighted by Gasteiger charge is 2.20. The number of nitriles is 1. The molecule has 5 nitrogen and oxygen atoms in total. The van der Waals surface area contributed by atoms with Crippen molar-refractivity contribution >= 4 is 11.6 Å². The Kier molecular flexibility index (Phi) is 7.16. The molecule has 0 saturated carbocycles. The Bertz CT molecular complexity index is 1040. The molecule has 0 spiro atoms. The highest BCUT2D eigenvalue weighted by Crippen LogP contribution is 2.20. The molecule has 32 heavy (non-hydrogen) atoms. The van der Waals surface area contributed by atoms with E-state index in [-0.39, 0.29) is 11.9 Å². The number of amides is 1. The summed E-state index contributed by atoms with van der Waals surface area (Å²) in [6.45, 7) is 4.80. The fourth-order valence-corrected chi connectivity index (χ4v) is 4.13. The molecule has 1 N–H and O–H groups in total. The lowest BCUT2D eigenvalue weighted by Crippen LogP contribution is -2.47. The van der Waals surface area contributed by atoms with Crippen molar-refractivity contribution in [1.29, 1.82) is 5.26 Å². The van der Waals surface area contributed by atoms with Gasteiger partial charge in [-0.2, -0.15) is 5.26 Å². The molecule has 1 saturated heterocycles. The van der Waals surface area contributed by atoms with E-state index in [0.29, 0.717) is 11.1 Å². The molecular formula is C27H28N4O. The second-order valence-electron chi connectivity index (χ2n) is 8.08. The molecule has 3 aromatic rings. The van der Waals surface area contributed by atoms with E-state index in [2.05, 4.69) is 33.3 Å². The van der Waals surface area contributed by atoms with Gasteiger partial charge in [-0.3, -0.25) is 9.69 Å². The zero-order valence-corrected chi connectivity index (χ0v) is 18.2. The number of nitrogens with zero attached hydrogens (tertiary/aromatic N) is 3. The summed E-state index contributed by atoms with van der Waals surface area (Å²) in [6.07, 6.45) is 0.861. The highest BCUT2D eigenvalue weighted by molar-refractivity contribution is 5.94. The molecule has 0 bridgehead atoms. The number of nitrogens with one attached hydrogen (secondary N) is 1. The fourth-order valence-electron chi connectivity index (χ4n) is 4.13. The average molecular weight is 425 g/mol. The second kappa shape index (κ2) is 10.6. The number of hydrogen-bond donors (Lipinski definition) is 1. The predicted octanol–water partition coefficient (Wildman–Crippen LogP) is 4.24. The first-order valence-corrected chi connectivity index (χ1v) is 11.1. The molecule has 1 aliphatic heterocycles. The lowest BCUT2D eigenvalue weighted by Gasteiger charge is -2.36. The Morgan fingerprint density at radius 1 is 0.875 bits per heavy atom. The molecule has 1 atom stereocenters. The van der Waals surface area contributed by atoms with Crippen molar-refractivity contribution in [2.24, 2.45) is 0 Å². The minimum Gasteiger partial charge on any atom is -0.369 e. The quantitative estimate of drug-likeness (QED) is 0.616. The first-order chi connectivity index (χ1) is 15.7. The van der Waals surface area contributed by atoms with Crippen LogP contribution in [0.25, 0.3) is 0 Å². The third kappa shape index (κ3) is 5.54. The lowest BCUT2D eigenvalue weighted by molar-refractivity contribution is 0.0931. The first-order valence-electron chi connectivity index (χ1n) is 11.1. The normalized spacial score (nSPS) is 15.0. The highest BCUT2D eigenvalue weighted by atomic mass is 16.1. The van der Waals surface area contributed by atoms with Crippen LogP contribution in [0.5, 0.6) is 0 Å². The maximum Gasteiger partial charge on any atom is 0.251 e. The number of piperazine rings is 1. The number of rotatable bonds is 7. The molecular weight excluding hydrogens is 396 g/mol. The summed E-state index contributed by atoms with van der Waals surface area (Å²) in [5.41, 5.74) is 3.68. The summed E-state index contributed by atoms with van der Waals surface area (Å²) in [4.78, 5) is 17.6. The Morgan fingerprint density at radius 2 is 1.50 bits per heavy atom. The van der Waals surface area contributed by atoms with E-state index < -0.39 is 0 Å². The van der Waals surface area contributed by atoms with Gasteiger partial charge in [-0.05, 0) is 48.4 Å². The summed E-state index contributed by atoms with van der Waals surface area (Å²) in [5, 5.41) is 12.2. The van der Waals surface area contributed by atoms with E-state index in [1.54, 1.807) is 0 Å². The van der Waals surface area contributed by atoms with Crippen molar-refractivity contribution in [3.8, 4) is 6.07 Å². The van der Waals surface area contributed by atoms with E-state index in [1.807, 2.05) is 72.8 Å². The Hall–Kier alpha value is -3.62. The summed E-state index contributed by atoms with van der Waals surface area (Å²) >= 11 is 0. The van der Waals surface area contributed by atoms with Crippen LogP contribution in [0.1, 0.15) is 33.9 Å². The number of benzene rings is 3. The molecule has 0 aromatic heterocycles. The minimum atomic E-state index is -0.0370. The zero-order valence-electron chi connectivity index (χ0n) is 18.2. The van der Waals surface area contributed by atoms with Crippen LogP contribution in [0, 0.1) is 11.3 Å². The van der Waals surface area contributed by atoms with Gasteiger partial charge >= 0.3 is 0 Å². The van der Waals surface area contributed by atoms with Gasteiger partial charge < -0.3 is 10.2 Å². The number of carbonyl (C=O) groups is 1. The van der Waals surface area contributed by atoms with Crippen LogP contribution in [0.4, 0.5) is 5.69 Å². The van der Waals surface area contributed by atoms with Gasteiger partial charge in [0, 0.05) is 44.0 Å². The van der Waals surface area contributed by atoms with Gasteiger partial charge in [0.2, 0.25) is 0 Å². The summed E-state index contributed by atoms with van der Waals surface area (Å²) in [5.74, 6) is -0.0370. The molecule has 1 fully saturated rings. The molecule has 4 rings (SSSR count). The molecule has 0 radical (unpaired) electrons. The smallest absolute Gasteiger partial charge is 0.251 e. The van der Waals surface area contributed by atoms with Gasteiger partial charge in [0.05, 0.1) is 17.7 Å². The Morgan fingerprint density at radius 3 is 2.12 bits per heavy atom. The molecule has 162 valence electrons. The van der Waals surface area contributed by atoms with Crippen molar-refractivity contribution in [1.82, 2.24) is 10.2 Å². The third-order valence-electron chi connectivity index (χ3n) is 6.01. The van der Waals surface area contributed by atoms with Crippen molar-refractivity contribution in [2.45, 2.75) is 12.5 Å². The monoisotopic (exact) mass is 424 g/mol. The van der Waals surface area contributed by atoms with Gasteiger partial charge in [-0.15, -0.1) is 0 Å². The lowest BCUT2D eigenvalue weighted by atomic mass is 10.0. The zero-order chi connectivity index (χ0) is 22.2. The van der Waals surface area contributed by atoms with Crippen LogP contribution >= 0.6 is 0 Å². The standard InChI is InChI=1S/C27H28N4O/c28-21-22-11-13-25(14-12-22)31-19-17-30(18-20-31)16-15-26(23-7-3-1-4-8-23)29-27(32)24-9-5-2-6-10-24/h1-14,26H,15-20H2,(H,29,32). The molecule has 3 aromatic carbocycles. The second-order valence-corrected chi connectivity index (χ2v) is 8.08. The van der Waals surface area contributed by atoms with Crippen LogP contribution in [0.3, 0.4) is 0 Å². The van der Waals surface area contributed by atoms with Crippen molar-refractivity contribution in [3.05, 3.63) is 102 Å². The SMILES string of the molecule is N#Cc1ccc(N2CCN(CCC(NC(=O)c3ccccc3)c3ccccc3)CC2)cc1. The number of carbonyl (C=O) groups excluding carboxylic acids is 1. The maximum atomic E-state index is 12.8. The van der Waals surface area contributed by atoms with Gasteiger partial charge in [-0.25, -0.2) is 0 Å². The topological polar surface area (TPSA) is 59.4 Å². The largest absolute Gasteiger partial charge is 0.369 e. The molecule has 5 heteroatoms. The third-order valence-corrected chi connectivity index (χ3v) is 6.01. The van der Waals surface area contributed by atoms with Crippen LogP contribution in [0.2, 0.25) is 0 Å². The summed E-state index contributed by atoms with van der Waals surface area (Å²) < 4.78 is 0. The van der Waals surface area contributed by atoms with Crippen molar-refractivity contribution < 1.29 is 4.79 Å². The van der Waals surface area contributed by atoms with E-state index in [1.165, 1.54) is 5.69 Å². The number of anilines is 1. The Labute approximate surface area is 189 Å². The molecule has 0 aliphatic carbocycles. The van der Waals surface area contributed by atoms with E-state index in [0.717, 1.165) is 44.7 Å². The summed E-state index contributed by atoms with van der Waals surface area (Å²) in [7, 11) is 0. The van der Waals surface area contributed by atoms with E-state index >= 15 is 0 Å². The molecule has 1 amide bonds. The van der Waals surface area contributed by atoms with Crippen molar-refractivity contribution in [2.75, 3.05) is 37.6 Å². The van der Waals surface area contributed by atoms with Gasteiger partial charge in [0.1, 0.15) is 0 Å².